The van der Waals surface area contributed by atoms with Crippen LogP contribution < -0.4 is 5.32 Å². The van der Waals surface area contributed by atoms with Crippen LogP contribution in [0.2, 0.25) is 0 Å². The van der Waals surface area contributed by atoms with Crippen LogP contribution >= 0.6 is 0 Å². The lowest BCUT2D eigenvalue weighted by molar-refractivity contribution is 0.585. The highest BCUT2D eigenvalue weighted by Gasteiger charge is 2.15. The van der Waals surface area contributed by atoms with Crippen molar-refractivity contribution in [2.24, 2.45) is 0 Å². The molecular formula is C20H27N. The minimum Gasteiger partial charge on any atom is -0.313 e. The summed E-state index contributed by atoms with van der Waals surface area (Å²) in [6.07, 6.45) is 2.14. The van der Waals surface area contributed by atoms with Gasteiger partial charge in [-0.05, 0) is 68.5 Å². The van der Waals surface area contributed by atoms with Crippen molar-refractivity contribution in [2.75, 3.05) is 7.05 Å². The zero-order chi connectivity index (χ0) is 15.4. The topological polar surface area (TPSA) is 12.0 Å². The Balaban J connectivity index is 2.27. The molecule has 1 atom stereocenters. The smallest absolute Gasteiger partial charge is 0.0363 e. The Morgan fingerprint density at radius 1 is 0.905 bits per heavy atom. The maximum atomic E-state index is 3.50. The first kappa shape index (κ1) is 15.8. The summed E-state index contributed by atoms with van der Waals surface area (Å²) in [5.74, 6) is 0. The van der Waals surface area contributed by atoms with Gasteiger partial charge in [-0.15, -0.1) is 0 Å². The molecule has 0 amide bonds. The van der Waals surface area contributed by atoms with Crippen molar-refractivity contribution >= 4 is 0 Å². The third-order valence-corrected chi connectivity index (χ3v) is 4.31. The second-order valence-corrected chi connectivity index (χ2v) is 6.03. The molecule has 21 heavy (non-hydrogen) atoms. The molecule has 1 nitrogen and oxygen atoms in total. The van der Waals surface area contributed by atoms with E-state index in [9.17, 15) is 0 Å². The number of nitrogens with one attached hydrogen (secondary N) is 1. The third-order valence-electron chi connectivity index (χ3n) is 4.31. The van der Waals surface area contributed by atoms with Gasteiger partial charge in [0.1, 0.15) is 0 Å². The molecule has 2 aromatic rings. The molecule has 2 aromatic carbocycles. The first-order chi connectivity index (χ1) is 10.0. The molecule has 112 valence electrons. The van der Waals surface area contributed by atoms with Gasteiger partial charge in [0.2, 0.25) is 0 Å². The van der Waals surface area contributed by atoms with Gasteiger partial charge < -0.3 is 5.32 Å². The maximum Gasteiger partial charge on any atom is 0.0363 e. The van der Waals surface area contributed by atoms with E-state index in [1.54, 1.807) is 0 Å². The van der Waals surface area contributed by atoms with Crippen LogP contribution in [0.25, 0.3) is 0 Å². The number of hydrogen-bond acceptors (Lipinski definition) is 1. The highest BCUT2D eigenvalue weighted by Crippen LogP contribution is 2.26. The minimum absolute atomic E-state index is 0.373. The molecule has 0 aliphatic rings. The van der Waals surface area contributed by atoms with E-state index >= 15 is 0 Å². The fourth-order valence-corrected chi connectivity index (χ4v) is 3.24. The molecule has 1 heteroatoms. The van der Waals surface area contributed by atoms with Crippen molar-refractivity contribution in [3.05, 3.63) is 69.8 Å². The highest BCUT2D eigenvalue weighted by atomic mass is 14.9. The van der Waals surface area contributed by atoms with E-state index in [0.29, 0.717) is 6.04 Å². The van der Waals surface area contributed by atoms with Gasteiger partial charge >= 0.3 is 0 Å². The van der Waals surface area contributed by atoms with E-state index in [4.69, 9.17) is 0 Å². The number of benzene rings is 2. The van der Waals surface area contributed by atoms with E-state index in [-0.39, 0.29) is 0 Å². The average Bonchev–Trinajstić information content (AvgIpc) is 2.45. The quantitative estimate of drug-likeness (QED) is 0.839. The molecule has 0 aromatic heterocycles. The van der Waals surface area contributed by atoms with E-state index in [1.807, 2.05) is 0 Å². The largest absolute Gasteiger partial charge is 0.313 e. The van der Waals surface area contributed by atoms with E-state index in [1.165, 1.54) is 33.4 Å². The molecule has 1 unspecified atom stereocenters. The summed E-state index contributed by atoms with van der Waals surface area (Å²) in [5, 5.41) is 3.50. The van der Waals surface area contributed by atoms with Crippen molar-refractivity contribution in [2.45, 2.75) is 46.6 Å². The summed E-state index contributed by atoms with van der Waals surface area (Å²) in [6.45, 7) is 8.81. The molecule has 2 rings (SSSR count). The summed E-state index contributed by atoms with van der Waals surface area (Å²) in [4.78, 5) is 0. The summed E-state index contributed by atoms with van der Waals surface area (Å²) in [7, 11) is 2.06. The zero-order valence-corrected chi connectivity index (χ0v) is 14.0. The molecule has 0 saturated heterocycles. The van der Waals surface area contributed by atoms with E-state index < -0.39 is 0 Å². The first-order valence-corrected chi connectivity index (χ1v) is 7.88. The maximum absolute atomic E-state index is 3.50. The summed E-state index contributed by atoms with van der Waals surface area (Å²) >= 11 is 0. The second kappa shape index (κ2) is 6.91. The number of rotatable bonds is 5. The molecular weight excluding hydrogens is 254 g/mol. The lowest BCUT2D eigenvalue weighted by Crippen LogP contribution is -2.21. The van der Waals surface area contributed by atoms with Crippen LogP contribution in [-0.2, 0) is 12.8 Å². The molecule has 0 aliphatic carbocycles. The third kappa shape index (κ3) is 3.74. The number of hydrogen-bond donors (Lipinski definition) is 1. The number of aryl methyl sites for hydroxylation is 4. The van der Waals surface area contributed by atoms with Crippen LogP contribution in [-0.4, -0.2) is 7.05 Å². The van der Waals surface area contributed by atoms with Crippen molar-refractivity contribution < 1.29 is 0 Å². The first-order valence-electron chi connectivity index (χ1n) is 7.88. The molecule has 0 fully saturated rings. The monoisotopic (exact) mass is 281 g/mol. The molecule has 0 aliphatic heterocycles. The Bertz CT molecular complexity index is 573. The van der Waals surface area contributed by atoms with Crippen molar-refractivity contribution in [1.82, 2.24) is 5.32 Å². The van der Waals surface area contributed by atoms with Crippen LogP contribution in [0.15, 0.2) is 36.4 Å². The van der Waals surface area contributed by atoms with Crippen LogP contribution in [0.1, 0.15) is 46.3 Å². The fraction of sp³-hybridized carbons (Fsp3) is 0.400. The molecule has 0 radical (unpaired) electrons. The standard InChI is InChI=1S/C20H27N/c1-6-17-7-9-18(10-8-17)13-19(21-5)20-15(3)11-14(2)12-16(20)4/h7-12,19,21H,6,13H2,1-5H3. The van der Waals surface area contributed by atoms with Crippen LogP contribution in [0.4, 0.5) is 0 Å². The van der Waals surface area contributed by atoms with Gasteiger partial charge in [-0.1, -0.05) is 48.9 Å². The summed E-state index contributed by atoms with van der Waals surface area (Å²) in [6, 6.07) is 14.0. The molecule has 0 spiro atoms. The Hall–Kier alpha value is -1.60. The van der Waals surface area contributed by atoms with E-state index in [2.05, 4.69) is 76.5 Å². The molecule has 0 bridgehead atoms. The summed E-state index contributed by atoms with van der Waals surface area (Å²) < 4.78 is 0. The van der Waals surface area contributed by atoms with Crippen molar-refractivity contribution in [1.29, 1.82) is 0 Å². The van der Waals surface area contributed by atoms with Crippen molar-refractivity contribution in [3.8, 4) is 0 Å². The van der Waals surface area contributed by atoms with Gasteiger partial charge in [-0.25, -0.2) is 0 Å². The van der Waals surface area contributed by atoms with Crippen LogP contribution in [0, 0.1) is 20.8 Å². The number of likely N-dealkylation sites (N-methyl/N-ethyl adjacent to an activating group) is 1. The fourth-order valence-electron chi connectivity index (χ4n) is 3.24. The lowest BCUT2D eigenvalue weighted by Gasteiger charge is -2.22. The van der Waals surface area contributed by atoms with Gasteiger partial charge in [0.05, 0.1) is 0 Å². The minimum atomic E-state index is 0.373. The SMILES string of the molecule is CCc1ccc(CC(NC)c2c(C)cc(C)cc2C)cc1. The second-order valence-electron chi connectivity index (χ2n) is 6.03. The Kier molecular flexibility index (Phi) is 5.19. The average molecular weight is 281 g/mol. The van der Waals surface area contributed by atoms with Gasteiger partial charge in [0.15, 0.2) is 0 Å². The summed E-state index contributed by atoms with van der Waals surface area (Å²) in [5.41, 5.74) is 8.36. The Morgan fingerprint density at radius 2 is 1.43 bits per heavy atom. The van der Waals surface area contributed by atoms with Crippen LogP contribution in [0.5, 0.6) is 0 Å². The predicted octanol–water partition coefficient (Wildman–Crippen LogP) is 4.68. The Labute approximate surface area is 129 Å². The zero-order valence-electron chi connectivity index (χ0n) is 14.0. The Morgan fingerprint density at radius 3 is 1.90 bits per heavy atom. The molecule has 0 heterocycles. The van der Waals surface area contributed by atoms with E-state index in [0.717, 1.165) is 12.8 Å². The van der Waals surface area contributed by atoms with Crippen molar-refractivity contribution in [3.63, 3.8) is 0 Å². The normalized spacial score (nSPS) is 12.4. The van der Waals surface area contributed by atoms with Gasteiger partial charge in [-0.3, -0.25) is 0 Å². The highest BCUT2D eigenvalue weighted by molar-refractivity contribution is 5.40. The lowest BCUT2D eigenvalue weighted by atomic mass is 9.90. The molecule has 1 N–H and O–H groups in total. The van der Waals surface area contributed by atoms with Gasteiger partial charge in [0, 0.05) is 6.04 Å². The van der Waals surface area contributed by atoms with Crippen LogP contribution in [0.3, 0.4) is 0 Å². The molecule has 0 saturated carbocycles. The predicted molar refractivity (Wildman–Crippen MR) is 92.0 cm³/mol. The van der Waals surface area contributed by atoms with Gasteiger partial charge in [0.25, 0.3) is 0 Å². The van der Waals surface area contributed by atoms with Gasteiger partial charge in [-0.2, -0.15) is 0 Å².